The topological polar surface area (TPSA) is 104 Å². The number of aryl methyl sites for hydroxylation is 2. The fourth-order valence-corrected chi connectivity index (χ4v) is 4.55. The maximum Gasteiger partial charge on any atom is 0.264 e. The molecule has 0 unspecified atom stereocenters. The van der Waals surface area contributed by atoms with Crippen molar-refractivity contribution in [3.05, 3.63) is 23.2 Å². The molecule has 2 aromatic rings. The highest BCUT2D eigenvalue weighted by Gasteiger charge is 2.19. The van der Waals surface area contributed by atoms with E-state index in [-0.39, 0.29) is 17.9 Å². The lowest BCUT2D eigenvalue weighted by atomic mass is 10.3. The number of thiazole rings is 1. The Morgan fingerprint density at radius 3 is 2.59 bits per heavy atom. The molecule has 1 aromatic heterocycles. The van der Waals surface area contributed by atoms with Crippen molar-refractivity contribution in [1.82, 2.24) is 4.72 Å². The summed E-state index contributed by atoms with van der Waals surface area (Å²) in [6.07, 6.45) is 0.00560. The first-order valence-electron chi connectivity index (χ1n) is 6.44. The van der Waals surface area contributed by atoms with Crippen molar-refractivity contribution >= 4 is 41.7 Å². The van der Waals surface area contributed by atoms with Crippen LogP contribution in [0.25, 0.3) is 10.2 Å². The van der Waals surface area contributed by atoms with Crippen molar-refractivity contribution < 1.29 is 26.0 Å². The van der Waals surface area contributed by atoms with Crippen molar-refractivity contribution in [3.8, 4) is 0 Å². The molecule has 122 valence electrons. The van der Waals surface area contributed by atoms with Crippen LogP contribution in [0, 0.1) is 6.92 Å². The minimum Gasteiger partial charge on any atom is -0.286 e. The van der Waals surface area contributed by atoms with Crippen molar-refractivity contribution in [2.75, 3.05) is 12.3 Å². The summed E-state index contributed by atoms with van der Waals surface area (Å²) in [4.78, 5) is 0.125. The summed E-state index contributed by atoms with van der Waals surface area (Å²) >= 11 is 1.58. The van der Waals surface area contributed by atoms with Gasteiger partial charge in [0.15, 0.2) is 0 Å². The molecule has 7 nitrogen and oxygen atoms in total. The zero-order valence-electron chi connectivity index (χ0n) is 12.1. The van der Waals surface area contributed by atoms with E-state index in [2.05, 4.69) is 4.72 Å². The van der Waals surface area contributed by atoms with E-state index >= 15 is 0 Å². The van der Waals surface area contributed by atoms with Gasteiger partial charge in [0.05, 0.1) is 10.6 Å². The molecule has 1 heterocycles. The number of hydrogen-bond donors (Lipinski definition) is 2. The molecule has 0 bridgehead atoms. The molecule has 0 aliphatic heterocycles. The molecule has 0 fully saturated rings. The van der Waals surface area contributed by atoms with Crippen LogP contribution in [0.15, 0.2) is 23.1 Å². The Balaban J connectivity index is 2.17. The summed E-state index contributed by atoms with van der Waals surface area (Å²) in [5, 5.41) is 1.06. The van der Waals surface area contributed by atoms with Gasteiger partial charge in [0, 0.05) is 19.5 Å². The maximum absolute atomic E-state index is 12.2. The second-order valence-electron chi connectivity index (χ2n) is 4.85. The molecule has 2 rings (SSSR count). The molecule has 0 atom stereocenters. The minimum absolute atomic E-state index is 0.00560. The lowest BCUT2D eigenvalue weighted by molar-refractivity contribution is -0.646. The van der Waals surface area contributed by atoms with E-state index in [1.807, 2.05) is 18.5 Å². The standard InChI is InChI=1S/C12H16N2O5S3/c1-9-14(2)11-8-10(4-5-12(11)20-9)22(18,19)13-6-3-7-21(15,16)17/h4-5,8,13H,3,6-7H2,1-2H3/p+1. The van der Waals surface area contributed by atoms with Crippen molar-refractivity contribution in [2.24, 2.45) is 7.05 Å². The molecule has 0 saturated carbocycles. The Morgan fingerprint density at radius 1 is 1.27 bits per heavy atom. The molecule has 22 heavy (non-hydrogen) atoms. The van der Waals surface area contributed by atoms with Gasteiger partial charge in [0.1, 0.15) is 11.7 Å². The number of fused-ring (bicyclic) bond motifs is 1. The molecule has 0 spiro atoms. The van der Waals surface area contributed by atoms with Crippen molar-refractivity contribution in [2.45, 2.75) is 18.2 Å². The van der Waals surface area contributed by atoms with Gasteiger partial charge in [-0.05, 0) is 18.6 Å². The van der Waals surface area contributed by atoms with E-state index in [0.29, 0.717) is 0 Å². The summed E-state index contributed by atoms with van der Waals surface area (Å²) in [5.74, 6) is -0.479. The number of hydrogen-bond acceptors (Lipinski definition) is 5. The summed E-state index contributed by atoms with van der Waals surface area (Å²) in [6.45, 7) is 1.89. The molecular weight excluding hydrogens is 348 g/mol. The Morgan fingerprint density at radius 2 is 1.95 bits per heavy atom. The molecular formula is C12H17N2O5S3+. The molecule has 0 radical (unpaired) electrons. The number of aromatic nitrogens is 1. The first-order valence-corrected chi connectivity index (χ1v) is 10.3. The van der Waals surface area contributed by atoms with Gasteiger partial charge in [-0.1, -0.05) is 11.3 Å². The molecule has 2 N–H and O–H groups in total. The monoisotopic (exact) mass is 365 g/mol. The fourth-order valence-electron chi connectivity index (χ4n) is 1.95. The number of rotatable bonds is 6. The molecule has 10 heteroatoms. The Labute approximate surface area is 133 Å². The van der Waals surface area contributed by atoms with E-state index in [0.717, 1.165) is 15.2 Å². The van der Waals surface area contributed by atoms with E-state index in [9.17, 15) is 16.8 Å². The van der Waals surface area contributed by atoms with E-state index in [1.165, 1.54) is 6.07 Å². The normalized spacial score (nSPS) is 12.9. The summed E-state index contributed by atoms with van der Waals surface area (Å²) in [5.41, 5.74) is 0.823. The molecule has 0 amide bonds. The highest BCUT2D eigenvalue weighted by Crippen LogP contribution is 2.22. The maximum atomic E-state index is 12.2. The lowest BCUT2D eigenvalue weighted by Crippen LogP contribution is -2.30. The number of sulfonamides is 1. The Hall–Kier alpha value is -1.07. The number of nitrogens with one attached hydrogen (secondary N) is 1. The highest BCUT2D eigenvalue weighted by molar-refractivity contribution is 7.89. The van der Waals surface area contributed by atoms with Crippen LogP contribution in [-0.4, -0.2) is 33.7 Å². The average Bonchev–Trinajstić information content (AvgIpc) is 2.69. The zero-order valence-corrected chi connectivity index (χ0v) is 14.6. The van der Waals surface area contributed by atoms with Gasteiger partial charge in [-0.2, -0.15) is 13.0 Å². The van der Waals surface area contributed by atoms with Gasteiger partial charge in [0.2, 0.25) is 20.5 Å². The second kappa shape index (κ2) is 6.20. The van der Waals surface area contributed by atoms with Crippen LogP contribution in [0.3, 0.4) is 0 Å². The third kappa shape index (κ3) is 4.02. The smallest absolute Gasteiger partial charge is 0.264 e. The lowest BCUT2D eigenvalue weighted by Gasteiger charge is -2.05. The van der Waals surface area contributed by atoms with Gasteiger partial charge in [-0.25, -0.2) is 13.1 Å². The van der Waals surface area contributed by atoms with Gasteiger partial charge < -0.3 is 0 Å². The summed E-state index contributed by atoms with van der Waals surface area (Å²) in [7, 11) is -5.92. The van der Waals surface area contributed by atoms with E-state index in [4.69, 9.17) is 4.55 Å². The second-order valence-corrected chi connectivity index (χ2v) is 9.42. The molecule has 0 aliphatic rings. The SMILES string of the molecule is Cc1sc2ccc(S(=O)(=O)NCCCS(=O)(=O)O)cc2[n+]1C. The predicted molar refractivity (Wildman–Crippen MR) is 84.0 cm³/mol. The number of benzene rings is 1. The van der Waals surface area contributed by atoms with Gasteiger partial charge >= 0.3 is 0 Å². The first kappa shape index (κ1) is 17.3. The Bertz CT molecular complexity index is 900. The molecule has 1 aromatic carbocycles. The van der Waals surface area contributed by atoms with Gasteiger partial charge in [0.25, 0.3) is 10.1 Å². The zero-order chi connectivity index (χ0) is 16.5. The van der Waals surface area contributed by atoms with Gasteiger partial charge in [-0.15, -0.1) is 0 Å². The fraction of sp³-hybridized carbons (Fsp3) is 0.417. The Kier molecular flexibility index (Phi) is 4.87. The molecule has 0 saturated heterocycles. The van der Waals surface area contributed by atoms with E-state index < -0.39 is 25.9 Å². The van der Waals surface area contributed by atoms with Crippen molar-refractivity contribution in [1.29, 1.82) is 0 Å². The van der Waals surface area contributed by atoms with Crippen LogP contribution in [0.5, 0.6) is 0 Å². The van der Waals surface area contributed by atoms with Crippen LogP contribution in [0.1, 0.15) is 11.4 Å². The average molecular weight is 365 g/mol. The van der Waals surface area contributed by atoms with Crippen LogP contribution >= 0.6 is 11.3 Å². The summed E-state index contributed by atoms with van der Waals surface area (Å²) in [6, 6.07) is 4.85. The first-order chi connectivity index (χ1) is 10.1. The number of nitrogens with zero attached hydrogens (tertiary/aromatic N) is 1. The minimum atomic E-state index is -4.07. The third-order valence-corrected chi connectivity index (χ3v) is 6.60. The summed E-state index contributed by atoms with van der Waals surface area (Å²) < 4.78 is 59.4. The van der Waals surface area contributed by atoms with Crippen LogP contribution in [0.4, 0.5) is 0 Å². The highest BCUT2D eigenvalue weighted by atomic mass is 32.2. The van der Waals surface area contributed by atoms with Crippen LogP contribution < -0.4 is 9.29 Å². The van der Waals surface area contributed by atoms with Crippen LogP contribution in [0.2, 0.25) is 0 Å². The largest absolute Gasteiger partial charge is 0.286 e. The predicted octanol–water partition coefficient (Wildman–Crippen LogP) is 0.590. The quantitative estimate of drug-likeness (QED) is 0.443. The third-order valence-electron chi connectivity index (χ3n) is 3.20. The molecule has 0 aliphatic carbocycles. The van der Waals surface area contributed by atoms with Crippen molar-refractivity contribution in [3.63, 3.8) is 0 Å². The van der Waals surface area contributed by atoms with Gasteiger partial charge in [-0.3, -0.25) is 4.55 Å². The van der Waals surface area contributed by atoms with E-state index in [1.54, 1.807) is 23.5 Å². The van der Waals surface area contributed by atoms with Crippen LogP contribution in [-0.2, 0) is 27.2 Å².